The molecular weight excluding hydrogens is 565 g/mol. The number of hydrazone groups is 1. The summed E-state index contributed by atoms with van der Waals surface area (Å²) in [4.78, 5) is 12.7. The molecule has 3 aromatic rings. The van der Waals surface area contributed by atoms with Gasteiger partial charge in [0.15, 0.2) is 0 Å². The minimum atomic E-state index is -3.95. The molecule has 0 saturated heterocycles. The maximum Gasteiger partial charge on any atom is 0.264 e. The SMILES string of the molecule is CC(C)COc1ccc(/C=N\NC(=O)CN(c2ccc(I)cc2)S(=O)(=O)c2ccccc2)cc1. The molecule has 3 aromatic carbocycles. The molecule has 0 fully saturated rings. The first-order chi connectivity index (χ1) is 16.3. The van der Waals surface area contributed by atoms with Gasteiger partial charge in [-0.2, -0.15) is 5.10 Å². The molecule has 0 unspecified atom stereocenters. The Balaban J connectivity index is 1.70. The third kappa shape index (κ3) is 7.29. The average Bonchev–Trinajstić information content (AvgIpc) is 2.83. The maximum atomic E-state index is 13.3. The summed E-state index contributed by atoms with van der Waals surface area (Å²) in [6, 6.07) is 22.2. The van der Waals surface area contributed by atoms with Crippen LogP contribution in [0.3, 0.4) is 0 Å². The molecule has 0 heterocycles. The number of hydrogen-bond donors (Lipinski definition) is 1. The lowest BCUT2D eigenvalue weighted by atomic mass is 10.2. The summed E-state index contributed by atoms with van der Waals surface area (Å²) in [7, 11) is -3.95. The van der Waals surface area contributed by atoms with Gasteiger partial charge in [0.25, 0.3) is 15.9 Å². The third-order valence-corrected chi connectivity index (χ3v) is 7.11. The molecule has 0 aliphatic carbocycles. The summed E-state index contributed by atoms with van der Waals surface area (Å²) in [6.45, 7) is 4.37. The van der Waals surface area contributed by atoms with Crippen LogP contribution >= 0.6 is 22.6 Å². The van der Waals surface area contributed by atoms with E-state index >= 15 is 0 Å². The highest BCUT2D eigenvalue weighted by atomic mass is 127. The van der Waals surface area contributed by atoms with Crippen molar-refractivity contribution in [3.63, 3.8) is 0 Å². The maximum absolute atomic E-state index is 13.3. The van der Waals surface area contributed by atoms with Crippen LogP contribution in [0.15, 0.2) is 88.9 Å². The molecule has 178 valence electrons. The van der Waals surface area contributed by atoms with Crippen molar-refractivity contribution in [3.05, 3.63) is 88.0 Å². The van der Waals surface area contributed by atoms with Crippen molar-refractivity contribution in [3.8, 4) is 5.75 Å². The fraction of sp³-hybridized carbons (Fsp3) is 0.200. The largest absolute Gasteiger partial charge is 0.493 e. The lowest BCUT2D eigenvalue weighted by molar-refractivity contribution is -0.119. The number of nitrogens with zero attached hydrogens (tertiary/aromatic N) is 2. The Hall–Kier alpha value is -2.92. The summed E-state index contributed by atoms with van der Waals surface area (Å²) >= 11 is 2.14. The van der Waals surface area contributed by atoms with Crippen LogP contribution in [-0.2, 0) is 14.8 Å². The molecule has 1 N–H and O–H groups in total. The quantitative estimate of drug-likeness (QED) is 0.211. The van der Waals surface area contributed by atoms with E-state index in [0.717, 1.165) is 19.2 Å². The van der Waals surface area contributed by atoms with E-state index in [1.807, 2.05) is 24.3 Å². The van der Waals surface area contributed by atoms with E-state index in [1.165, 1.54) is 18.3 Å². The summed E-state index contributed by atoms with van der Waals surface area (Å²) in [5.74, 6) is 0.626. The van der Waals surface area contributed by atoms with E-state index < -0.39 is 22.5 Å². The highest BCUT2D eigenvalue weighted by molar-refractivity contribution is 14.1. The Bertz CT molecular complexity index is 1210. The van der Waals surface area contributed by atoms with Gasteiger partial charge in [-0.15, -0.1) is 0 Å². The van der Waals surface area contributed by atoms with Crippen LogP contribution in [0.25, 0.3) is 0 Å². The molecule has 7 nitrogen and oxygen atoms in total. The van der Waals surface area contributed by atoms with Crippen LogP contribution < -0.4 is 14.5 Å². The Morgan fingerprint density at radius 3 is 2.29 bits per heavy atom. The van der Waals surface area contributed by atoms with E-state index in [2.05, 4.69) is 47.0 Å². The number of anilines is 1. The number of amides is 1. The normalized spacial score (nSPS) is 11.5. The number of halogens is 1. The van der Waals surface area contributed by atoms with Gasteiger partial charge in [-0.1, -0.05) is 32.0 Å². The number of carbonyl (C=O) groups is 1. The molecule has 3 rings (SSSR count). The molecule has 0 aromatic heterocycles. The van der Waals surface area contributed by atoms with Crippen molar-refractivity contribution < 1.29 is 17.9 Å². The third-order valence-electron chi connectivity index (χ3n) is 4.60. The molecule has 0 aliphatic heterocycles. The molecular formula is C25H26IN3O4S. The van der Waals surface area contributed by atoms with Crippen LogP contribution in [-0.4, -0.2) is 33.7 Å². The van der Waals surface area contributed by atoms with Gasteiger partial charge in [0.2, 0.25) is 0 Å². The number of benzene rings is 3. The van der Waals surface area contributed by atoms with Gasteiger partial charge < -0.3 is 4.74 Å². The molecule has 0 bridgehead atoms. The van der Waals surface area contributed by atoms with Crippen molar-refractivity contribution in [2.45, 2.75) is 18.7 Å². The molecule has 34 heavy (non-hydrogen) atoms. The predicted octanol–water partition coefficient (Wildman–Crippen LogP) is 4.67. The molecule has 9 heteroatoms. The number of nitrogens with one attached hydrogen (secondary N) is 1. The van der Waals surface area contributed by atoms with Crippen molar-refractivity contribution in [1.82, 2.24) is 5.43 Å². The Labute approximate surface area is 214 Å². The van der Waals surface area contributed by atoms with Gasteiger partial charge >= 0.3 is 0 Å². The lowest BCUT2D eigenvalue weighted by Gasteiger charge is -2.23. The van der Waals surface area contributed by atoms with Crippen LogP contribution in [0.2, 0.25) is 0 Å². The first-order valence-electron chi connectivity index (χ1n) is 10.6. The first-order valence-corrected chi connectivity index (χ1v) is 13.2. The molecule has 1 amide bonds. The minimum absolute atomic E-state index is 0.102. The zero-order valence-corrected chi connectivity index (χ0v) is 21.9. The monoisotopic (exact) mass is 591 g/mol. The van der Waals surface area contributed by atoms with Gasteiger partial charge in [0.1, 0.15) is 12.3 Å². The van der Waals surface area contributed by atoms with Gasteiger partial charge in [0.05, 0.1) is 23.4 Å². The number of hydrogen-bond acceptors (Lipinski definition) is 5. The van der Waals surface area contributed by atoms with Crippen molar-refractivity contribution >= 4 is 50.4 Å². The second kappa shape index (κ2) is 12.0. The minimum Gasteiger partial charge on any atom is -0.493 e. The van der Waals surface area contributed by atoms with E-state index in [0.29, 0.717) is 18.2 Å². The van der Waals surface area contributed by atoms with Crippen molar-refractivity contribution in [1.29, 1.82) is 0 Å². The van der Waals surface area contributed by atoms with E-state index in [9.17, 15) is 13.2 Å². The fourth-order valence-electron chi connectivity index (χ4n) is 2.90. The van der Waals surface area contributed by atoms with Crippen LogP contribution in [0.1, 0.15) is 19.4 Å². The smallest absolute Gasteiger partial charge is 0.264 e. The van der Waals surface area contributed by atoms with Gasteiger partial charge in [-0.3, -0.25) is 9.10 Å². The topological polar surface area (TPSA) is 88.1 Å². The fourth-order valence-corrected chi connectivity index (χ4v) is 4.70. The molecule has 0 aliphatic rings. The molecule has 0 atom stereocenters. The molecule has 0 saturated carbocycles. The number of sulfonamides is 1. The standard InChI is InChI=1S/C25H26IN3O4S/c1-19(2)18-33-23-14-8-20(9-15-23)16-27-28-25(30)17-29(22-12-10-21(26)11-13-22)34(31,32)24-6-4-3-5-7-24/h3-16,19H,17-18H2,1-2H3,(H,28,30)/b27-16-. The second-order valence-electron chi connectivity index (χ2n) is 7.87. The predicted molar refractivity (Wildman–Crippen MR) is 143 cm³/mol. The van der Waals surface area contributed by atoms with Gasteiger partial charge in [-0.05, 0) is 94.7 Å². The highest BCUT2D eigenvalue weighted by Crippen LogP contribution is 2.24. The Morgan fingerprint density at radius 2 is 1.68 bits per heavy atom. The zero-order chi connectivity index (χ0) is 24.6. The number of rotatable bonds is 10. The van der Waals surface area contributed by atoms with Gasteiger partial charge in [-0.25, -0.2) is 13.8 Å². The van der Waals surface area contributed by atoms with E-state index in [4.69, 9.17) is 4.74 Å². The zero-order valence-electron chi connectivity index (χ0n) is 18.9. The first kappa shape index (κ1) is 25.7. The van der Waals surface area contributed by atoms with Gasteiger partial charge in [0, 0.05) is 3.57 Å². The number of ether oxygens (including phenoxy) is 1. The van der Waals surface area contributed by atoms with E-state index in [1.54, 1.807) is 42.5 Å². The van der Waals surface area contributed by atoms with Crippen molar-refractivity contribution in [2.24, 2.45) is 11.0 Å². The molecule has 0 radical (unpaired) electrons. The molecule has 0 spiro atoms. The Morgan fingerprint density at radius 1 is 1.03 bits per heavy atom. The van der Waals surface area contributed by atoms with Crippen molar-refractivity contribution in [2.75, 3.05) is 17.5 Å². The highest BCUT2D eigenvalue weighted by Gasteiger charge is 2.27. The lowest BCUT2D eigenvalue weighted by Crippen LogP contribution is -2.39. The summed E-state index contributed by atoms with van der Waals surface area (Å²) < 4.78 is 34.2. The second-order valence-corrected chi connectivity index (χ2v) is 11.0. The summed E-state index contributed by atoms with van der Waals surface area (Å²) in [5, 5.41) is 3.97. The average molecular weight is 591 g/mol. The summed E-state index contributed by atoms with van der Waals surface area (Å²) in [5.41, 5.74) is 3.57. The van der Waals surface area contributed by atoms with Crippen LogP contribution in [0.5, 0.6) is 5.75 Å². The summed E-state index contributed by atoms with van der Waals surface area (Å²) in [6.07, 6.45) is 1.49. The number of carbonyl (C=O) groups excluding carboxylic acids is 1. The van der Waals surface area contributed by atoms with Crippen LogP contribution in [0.4, 0.5) is 5.69 Å². The van der Waals surface area contributed by atoms with Crippen LogP contribution in [0, 0.1) is 9.49 Å². The van der Waals surface area contributed by atoms with E-state index in [-0.39, 0.29) is 4.90 Å². The Kier molecular flexibility index (Phi) is 9.05.